The predicted molar refractivity (Wildman–Crippen MR) is 145 cm³/mol. The third-order valence-corrected chi connectivity index (χ3v) is 6.96. The van der Waals surface area contributed by atoms with Gasteiger partial charge in [-0.3, -0.25) is 10.2 Å². The number of nitrogens with zero attached hydrogens (tertiary/aromatic N) is 3. The number of methoxy groups -OCH3 is 2. The van der Waals surface area contributed by atoms with Crippen molar-refractivity contribution in [1.29, 1.82) is 5.41 Å². The van der Waals surface area contributed by atoms with E-state index >= 15 is 0 Å². The molecule has 4 rings (SSSR count). The van der Waals surface area contributed by atoms with Gasteiger partial charge >= 0.3 is 0 Å². The summed E-state index contributed by atoms with van der Waals surface area (Å²) < 4.78 is 23.0. The molecule has 0 spiro atoms. The maximum Gasteiger partial charge on any atom is 0.283 e. The zero-order valence-electron chi connectivity index (χ0n) is 20.2. The molecule has 0 fully saturated rings. The zero-order valence-corrected chi connectivity index (χ0v) is 22.6. The van der Waals surface area contributed by atoms with E-state index in [0.717, 1.165) is 5.04 Å². The van der Waals surface area contributed by atoms with Crippen LogP contribution in [0.2, 0.25) is 0 Å². The first-order valence-electron chi connectivity index (χ1n) is 11.1. The highest BCUT2D eigenvalue weighted by Crippen LogP contribution is 2.38. The molecule has 0 aliphatic carbocycles. The number of thioether (sulfide) groups is 1. The normalized spacial score (nSPS) is 16.2. The maximum absolute atomic E-state index is 12.7. The van der Waals surface area contributed by atoms with Crippen LogP contribution in [-0.4, -0.2) is 54.4 Å². The number of carbonyl (C=O) groups is 1. The van der Waals surface area contributed by atoms with Crippen LogP contribution in [-0.2, 0) is 4.79 Å². The molecule has 188 valence electrons. The number of fused-ring (bicyclic) bond motifs is 1. The van der Waals surface area contributed by atoms with E-state index in [1.54, 1.807) is 31.4 Å². The van der Waals surface area contributed by atoms with E-state index in [0.29, 0.717) is 44.8 Å². The number of ether oxygens (including phenoxy) is 4. The van der Waals surface area contributed by atoms with E-state index in [1.807, 2.05) is 32.0 Å². The van der Waals surface area contributed by atoms with Gasteiger partial charge in [-0.15, -0.1) is 0 Å². The van der Waals surface area contributed by atoms with Crippen LogP contribution in [0.4, 0.5) is 0 Å². The van der Waals surface area contributed by atoms with E-state index in [1.165, 1.54) is 23.9 Å². The lowest BCUT2D eigenvalue weighted by Gasteiger charge is -2.20. The Morgan fingerprint density at radius 2 is 1.86 bits per heavy atom. The molecule has 1 N–H and O–H groups in total. The molecule has 1 amide bonds. The van der Waals surface area contributed by atoms with Crippen LogP contribution >= 0.6 is 27.7 Å². The summed E-state index contributed by atoms with van der Waals surface area (Å²) in [6.45, 7) is 4.60. The van der Waals surface area contributed by atoms with Gasteiger partial charge in [-0.1, -0.05) is 19.9 Å². The molecular formula is C25H25BrN4O5S. The van der Waals surface area contributed by atoms with Crippen molar-refractivity contribution in [3.63, 3.8) is 0 Å². The van der Waals surface area contributed by atoms with Crippen LogP contribution in [0.25, 0.3) is 6.08 Å². The fraction of sp³-hybridized carbons (Fsp3) is 0.280. The first-order valence-corrected chi connectivity index (χ1v) is 12.7. The largest absolute Gasteiger partial charge is 0.497 e. The van der Waals surface area contributed by atoms with Crippen molar-refractivity contribution in [3.8, 4) is 23.0 Å². The van der Waals surface area contributed by atoms with Gasteiger partial charge < -0.3 is 18.9 Å². The summed E-state index contributed by atoms with van der Waals surface area (Å²) >= 11 is 4.84. The fourth-order valence-corrected chi connectivity index (χ4v) is 4.83. The Labute approximate surface area is 221 Å². The highest BCUT2D eigenvalue weighted by atomic mass is 79.9. The Bertz CT molecular complexity index is 1290. The van der Waals surface area contributed by atoms with Crippen LogP contribution in [0.5, 0.6) is 23.0 Å². The third kappa shape index (κ3) is 5.57. The second kappa shape index (κ2) is 11.2. The Balaban J connectivity index is 1.48. The van der Waals surface area contributed by atoms with Crippen LogP contribution in [0, 0.1) is 11.3 Å². The number of hydrazone groups is 1. The van der Waals surface area contributed by atoms with Gasteiger partial charge in [0.2, 0.25) is 5.17 Å². The van der Waals surface area contributed by atoms with Crippen molar-refractivity contribution in [2.45, 2.75) is 13.8 Å². The molecule has 2 aromatic carbocycles. The molecule has 0 aromatic heterocycles. The molecule has 11 heteroatoms. The number of amides is 1. The maximum atomic E-state index is 12.7. The second-order valence-corrected chi connectivity index (χ2v) is 9.86. The van der Waals surface area contributed by atoms with Crippen LogP contribution in [0.3, 0.4) is 0 Å². The molecule has 36 heavy (non-hydrogen) atoms. The average Bonchev–Trinajstić information content (AvgIpc) is 3.29. The molecule has 2 heterocycles. The highest BCUT2D eigenvalue weighted by molar-refractivity contribution is 9.10. The van der Waals surface area contributed by atoms with Crippen molar-refractivity contribution < 1.29 is 23.7 Å². The van der Waals surface area contributed by atoms with Crippen molar-refractivity contribution in [1.82, 2.24) is 5.01 Å². The van der Waals surface area contributed by atoms with Gasteiger partial charge in [-0.2, -0.15) is 15.1 Å². The van der Waals surface area contributed by atoms with Crippen LogP contribution in [0.15, 0.2) is 56.5 Å². The van der Waals surface area contributed by atoms with Crippen molar-refractivity contribution in [2.24, 2.45) is 16.0 Å². The summed E-state index contributed by atoms with van der Waals surface area (Å²) in [6.07, 6.45) is 1.60. The summed E-state index contributed by atoms with van der Waals surface area (Å²) in [4.78, 5) is 16.8. The third-order valence-electron chi connectivity index (χ3n) is 5.17. The Hall–Kier alpha value is -3.31. The van der Waals surface area contributed by atoms with Crippen molar-refractivity contribution in [2.75, 3.05) is 27.4 Å². The zero-order chi connectivity index (χ0) is 25.8. The minimum atomic E-state index is -0.482. The summed E-state index contributed by atoms with van der Waals surface area (Å²) in [5, 5.41) is 15.6. The molecule has 0 bridgehead atoms. The lowest BCUT2D eigenvalue weighted by molar-refractivity contribution is -0.114. The molecule has 0 saturated carbocycles. The SMILES string of the molecule is COc1cccc(OCCOc2c(Br)cc(/C=C3/C(=N)N4N=C(C(C)C)SC4=NC3=O)cc2OC)c1. The second-order valence-electron chi connectivity index (χ2n) is 8.02. The van der Waals surface area contributed by atoms with E-state index in [-0.39, 0.29) is 23.9 Å². The van der Waals surface area contributed by atoms with Crippen LogP contribution < -0.4 is 18.9 Å². The summed E-state index contributed by atoms with van der Waals surface area (Å²) in [5.41, 5.74) is 0.785. The molecule has 0 radical (unpaired) electrons. The summed E-state index contributed by atoms with van der Waals surface area (Å²) in [7, 11) is 3.14. The number of benzene rings is 2. The van der Waals surface area contributed by atoms with Crippen molar-refractivity contribution in [3.05, 3.63) is 52.0 Å². The first-order chi connectivity index (χ1) is 17.3. The molecule has 0 saturated heterocycles. The van der Waals surface area contributed by atoms with Gasteiger partial charge in [0.25, 0.3) is 5.91 Å². The molecule has 2 aliphatic heterocycles. The number of hydrogen-bond donors (Lipinski definition) is 1. The number of hydrogen-bond acceptors (Lipinski definition) is 8. The summed E-state index contributed by atoms with van der Waals surface area (Å²) in [5.74, 6) is 2.03. The quantitative estimate of drug-likeness (QED) is 0.325. The Morgan fingerprint density at radius 3 is 2.58 bits per heavy atom. The average molecular weight is 573 g/mol. The van der Waals surface area contributed by atoms with Crippen LogP contribution in [0.1, 0.15) is 19.4 Å². The van der Waals surface area contributed by atoms with E-state index in [2.05, 4.69) is 26.0 Å². The highest BCUT2D eigenvalue weighted by Gasteiger charge is 2.36. The number of nitrogens with one attached hydrogen (secondary N) is 1. The molecule has 9 nitrogen and oxygen atoms in total. The number of amidine groups is 2. The summed E-state index contributed by atoms with van der Waals surface area (Å²) in [6, 6.07) is 10.9. The number of carbonyl (C=O) groups excluding carboxylic acids is 1. The standard InChI is InChI=1S/C25H25BrN4O5S/c1-14(2)24-29-30-22(27)18(23(31)28-25(30)36-24)10-15-11-19(26)21(20(12-15)33-4)35-9-8-34-17-7-5-6-16(13-17)32-3/h5-7,10-14,27H,8-9H2,1-4H3/b18-10-,27-22?. The number of aliphatic imine (C=N–C) groups is 1. The van der Waals surface area contributed by atoms with Crippen molar-refractivity contribution >= 4 is 55.7 Å². The predicted octanol–water partition coefficient (Wildman–Crippen LogP) is 5.20. The lowest BCUT2D eigenvalue weighted by Crippen LogP contribution is -2.35. The molecular weight excluding hydrogens is 548 g/mol. The number of rotatable bonds is 9. The molecule has 0 atom stereocenters. The lowest BCUT2D eigenvalue weighted by atomic mass is 10.1. The monoisotopic (exact) mass is 572 g/mol. The van der Waals surface area contributed by atoms with Gasteiger partial charge in [0.15, 0.2) is 17.3 Å². The van der Waals surface area contributed by atoms with E-state index in [4.69, 9.17) is 24.4 Å². The van der Waals surface area contributed by atoms with Gasteiger partial charge in [-0.25, -0.2) is 0 Å². The number of halogens is 1. The van der Waals surface area contributed by atoms with E-state index < -0.39 is 5.91 Å². The molecule has 0 unspecified atom stereocenters. The van der Waals surface area contributed by atoms with Gasteiger partial charge in [0, 0.05) is 12.0 Å². The van der Waals surface area contributed by atoms with Gasteiger partial charge in [-0.05, 0) is 63.6 Å². The fourth-order valence-electron chi connectivity index (χ4n) is 3.36. The smallest absolute Gasteiger partial charge is 0.283 e. The Kier molecular flexibility index (Phi) is 8.00. The van der Waals surface area contributed by atoms with Gasteiger partial charge in [0.1, 0.15) is 29.8 Å². The topological polar surface area (TPSA) is 106 Å². The minimum absolute atomic E-state index is 0.0155. The minimum Gasteiger partial charge on any atom is -0.497 e. The Morgan fingerprint density at radius 1 is 1.11 bits per heavy atom. The molecule has 2 aliphatic rings. The van der Waals surface area contributed by atoms with Gasteiger partial charge in [0.05, 0.1) is 24.3 Å². The van der Waals surface area contributed by atoms with E-state index in [9.17, 15) is 4.79 Å². The molecule has 2 aromatic rings. The first kappa shape index (κ1) is 25.8.